The molecule has 0 radical (unpaired) electrons. The number of unbranched alkanes of at least 4 members (excludes halogenated alkanes) is 2. The van der Waals surface area contributed by atoms with Gasteiger partial charge < -0.3 is 20.4 Å². The van der Waals surface area contributed by atoms with Crippen LogP contribution in [0, 0.1) is 5.92 Å². The molecule has 4 N–H and O–H groups in total. The van der Waals surface area contributed by atoms with Crippen LogP contribution in [0.1, 0.15) is 87.0 Å². The predicted octanol–water partition coefficient (Wildman–Crippen LogP) is 4.00. The monoisotopic (exact) mass is 326 g/mol. The molecule has 0 atom stereocenters. The summed E-state index contributed by atoms with van der Waals surface area (Å²) in [5.41, 5.74) is 0. The topological polar surface area (TPSA) is 80.9 Å². The van der Waals surface area contributed by atoms with E-state index in [-0.39, 0.29) is 0 Å². The summed E-state index contributed by atoms with van der Waals surface area (Å²) in [5, 5.41) is 31.9. The van der Waals surface area contributed by atoms with Gasteiger partial charge in [-0.1, -0.05) is 61.3 Å². The molecular weight excluding hydrogens is 280 g/mol. The molecule has 0 aromatic heterocycles. The maximum Gasteiger partial charge on any atom is 0.0430 e. The fraction of sp³-hybridized carbons (Fsp3) is 1.00. The van der Waals surface area contributed by atoms with Crippen molar-refractivity contribution in [3.63, 3.8) is 0 Å². The molecular formula is C18H46O4. The first-order valence-electron chi connectivity index (χ1n) is 8.83. The Balaban J connectivity index is -0.0000000550. The Morgan fingerprint density at radius 3 is 0.682 bits per heavy atom. The third kappa shape index (κ3) is 206. The van der Waals surface area contributed by atoms with Gasteiger partial charge in [-0.05, 0) is 31.6 Å². The Bertz CT molecular complexity index is 88.5. The van der Waals surface area contributed by atoms with Crippen molar-refractivity contribution in [2.45, 2.75) is 87.0 Å². The second kappa shape index (κ2) is 49.8. The lowest BCUT2D eigenvalue weighted by Gasteiger charge is -1.79. The molecule has 22 heavy (non-hydrogen) atoms. The third-order valence-corrected chi connectivity index (χ3v) is 1.47. The van der Waals surface area contributed by atoms with Crippen LogP contribution in [0.2, 0.25) is 0 Å². The number of aliphatic hydroxyl groups excluding tert-OH is 4. The highest BCUT2D eigenvalue weighted by Gasteiger charge is 1.69. The first-order valence-corrected chi connectivity index (χ1v) is 8.83. The second-order valence-corrected chi connectivity index (χ2v) is 5.33. The number of hydrogen-bond acceptors (Lipinski definition) is 4. The molecule has 0 amide bonds. The molecule has 0 bridgehead atoms. The van der Waals surface area contributed by atoms with Crippen LogP contribution < -0.4 is 0 Å². The highest BCUT2D eigenvalue weighted by atomic mass is 16.3. The number of hydrogen-bond donors (Lipinski definition) is 4. The summed E-state index contributed by atoms with van der Waals surface area (Å²) in [7, 11) is 0. The minimum Gasteiger partial charge on any atom is -0.396 e. The molecule has 4 heteroatoms. The van der Waals surface area contributed by atoms with Crippen molar-refractivity contribution in [3.8, 4) is 0 Å². The van der Waals surface area contributed by atoms with Crippen molar-refractivity contribution in [2.24, 2.45) is 5.92 Å². The van der Waals surface area contributed by atoms with E-state index in [1.807, 2.05) is 13.8 Å². The van der Waals surface area contributed by atoms with Gasteiger partial charge in [0.25, 0.3) is 0 Å². The van der Waals surface area contributed by atoms with Crippen LogP contribution in [0.25, 0.3) is 0 Å². The summed E-state index contributed by atoms with van der Waals surface area (Å²) < 4.78 is 0. The molecule has 0 aromatic carbocycles. The smallest absolute Gasteiger partial charge is 0.0430 e. The van der Waals surface area contributed by atoms with E-state index >= 15 is 0 Å². The lowest BCUT2D eigenvalue weighted by Crippen LogP contribution is -1.75. The molecule has 0 spiro atoms. The van der Waals surface area contributed by atoms with Crippen molar-refractivity contribution < 1.29 is 20.4 Å². The van der Waals surface area contributed by atoms with E-state index in [4.69, 9.17) is 20.4 Å². The summed E-state index contributed by atoms with van der Waals surface area (Å²) in [5.74, 6) is 0.833. The second-order valence-electron chi connectivity index (χ2n) is 5.33. The molecule has 0 aromatic rings. The van der Waals surface area contributed by atoms with Crippen molar-refractivity contribution >= 4 is 0 Å². The van der Waals surface area contributed by atoms with E-state index in [9.17, 15) is 0 Å². The molecule has 4 nitrogen and oxygen atoms in total. The van der Waals surface area contributed by atoms with Gasteiger partial charge in [0.2, 0.25) is 0 Å². The first-order chi connectivity index (χ1) is 10.4. The average Bonchev–Trinajstić information content (AvgIpc) is 2.49. The lowest BCUT2D eigenvalue weighted by molar-refractivity contribution is 0.286. The van der Waals surface area contributed by atoms with Gasteiger partial charge in [-0.3, -0.25) is 0 Å². The molecule has 0 aliphatic carbocycles. The summed E-state index contributed by atoms with van der Waals surface area (Å²) in [6.45, 7) is 15.8. The van der Waals surface area contributed by atoms with Gasteiger partial charge >= 0.3 is 0 Å². The Kier molecular flexibility index (Phi) is 75.6. The van der Waals surface area contributed by atoms with E-state index < -0.39 is 0 Å². The van der Waals surface area contributed by atoms with E-state index in [0.717, 1.165) is 44.4 Å². The van der Waals surface area contributed by atoms with Crippen LogP contribution in [0.5, 0.6) is 0 Å². The maximum absolute atomic E-state index is 8.07. The third-order valence-electron chi connectivity index (χ3n) is 1.47. The minimum absolute atomic E-state index is 0.319. The van der Waals surface area contributed by atoms with E-state index in [1.54, 1.807) is 0 Å². The summed E-state index contributed by atoms with van der Waals surface area (Å²) in [6.07, 6.45) is 5.83. The molecule has 0 saturated heterocycles. The van der Waals surface area contributed by atoms with E-state index in [0.29, 0.717) is 26.4 Å². The quantitative estimate of drug-likeness (QED) is 0.595. The molecule has 0 fully saturated rings. The van der Waals surface area contributed by atoms with Crippen molar-refractivity contribution in [2.75, 3.05) is 26.4 Å². The Morgan fingerprint density at radius 2 is 0.682 bits per heavy atom. The summed E-state index contributed by atoms with van der Waals surface area (Å²) in [6, 6.07) is 0. The van der Waals surface area contributed by atoms with Crippen LogP contribution in [0.3, 0.4) is 0 Å². The predicted molar refractivity (Wildman–Crippen MR) is 99.3 cm³/mol. The highest BCUT2D eigenvalue weighted by Crippen LogP contribution is 1.81. The van der Waals surface area contributed by atoms with Crippen LogP contribution >= 0.6 is 0 Å². The number of rotatable bonds is 6. The molecule has 0 aliphatic heterocycles. The van der Waals surface area contributed by atoms with Gasteiger partial charge in [0, 0.05) is 26.4 Å². The Morgan fingerprint density at radius 1 is 0.500 bits per heavy atom. The molecule has 0 saturated carbocycles. The molecule has 0 rings (SSSR count). The zero-order chi connectivity index (χ0) is 18.6. The molecule has 0 heterocycles. The van der Waals surface area contributed by atoms with E-state index in [1.165, 1.54) is 0 Å². The minimum atomic E-state index is 0.319. The normalized spacial score (nSPS) is 8.18. The van der Waals surface area contributed by atoms with Gasteiger partial charge in [0.05, 0.1) is 0 Å². The largest absolute Gasteiger partial charge is 0.396 e. The zero-order valence-corrected chi connectivity index (χ0v) is 16.4. The average molecular weight is 327 g/mol. The molecule has 142 valence electrons. The number of aliphatic hydroxyl groups is 4. The standard InChI is InChI=1S/2C4H10O.C4H10.2C3H8O/c2*1-2-3-4-5;1-4(2)3;2*1-2-3-4/h2*5H,2-4H2,1H3;4H,1-3H3;2*4H,2-3H2,1H3. The van der Waals surface area contributed by atoms with Gasteiger partial charge in [0.15, 0.2) is 0 Å². The molecule has 0 aliphatic rings. The highest BCUT2D eigenvalue weighted by molar-refractivity contribution is 4.23. The lowest BCUT2D eigenvalue weighted by atomic mass is 10.3. The van der Waals surface area contributed by atoms with Crippen molar-refractivity contribution in [1.29, 1.82) is 0 Å². The van der Waals surface area contributed by atoms with Crippen LogP contribution in [-0.4, -0.2) is 46.9 Å². The van der Waals surface area contributed by atoms with Crippen molar-refractivity contribution in [3.05, 3.63) is 0 Å². The summed E-state index contributed by atoms with van der Waals surface area (Å²) >= 11 is 0. The fourth-order valence-corrected chi connectivity index (χ4v) is 0.316. The van der Waals surface area contributed by atoms with Crippen LogP contribution in [-0.2, 0) is 0 Å². The van der Waals surface area contributed by atoms with Crippen LogP contribution in [0.15, 0.2) is 0 Å². The first kappa shape index (κ1) is 33.4. The van der Waals surface area contributed by atoms with Gasteiger partial charge in [-0.2, -0.15) is 0 Å². The SMILES string of the molecule is CC(C)C.CCCCO.CCCCO.CCCO.CCCO. The fourth-order valence-electron chi connectivity index (χ4n) is 0.316. The Labute approximate surface area is 140 Å². The van der Waals surface area contributed by atoms with Gasteiger partial charge in [-0.15, -0.1) is 0 Å². The van der Waals surface area contributed by atoms with Crippen LogP contribution in [0.4, 0.5) is 0 Å². The Hall–Kier alpha value is -0.160. The van der Waals surface area contributed by atoms with E-state index in [2.05, 4.69) is 34.6 Å². The van der Waals surface area contributed by atoms with Crippen molar-refractivity contribution in [1.82, 2.24) is 0 Å². The van der Waals surface area contributed by atoms with Gasteiger partial charge in [0.1, 0.15) is 0 Å². The molecule has 0 unspecified atom stereocenters. The zero-order valence-electron chi connectivity index (χ0n) is 16.4. The van der Waals surface area contributed by atoms with Gasteiger partial charge in [-0.25, -0.2) is 0 Å². The summed E-state index contributed by atoms with van der Waals surface area (Å²) in [4.78, 5) is 0. The maximum atomic E-state index is 8.07.